The van der Waals surface area contributed by atoms with Gasteiger partial charge in [0, 0.05) is 30.9 Å². The van der Waals surface area contributed by atoms with Crippen molar-refractivity contribution in [3.63, 3.8) is 0 Å². The van der Waals surface area contributed by atoms with Crippen LogP contribution in [0.4, 0.5) is 18.9 Å². The molecule has 2 N–H and O–H groups in total. The number of rotatable bonds is 9. The summed E-state index contributed by atoms with van der Waals surface area (Å²) in [5, 5.41) is 3.22. The van der Waals surface area contributed by atoms with Crippen LogP contribution in [0.2, 0.25) is 0 Å². The molecule has 2 saturated heterocycles. The fraction of sp³-hybridized carbons (Fsp3) is 0.532. The molecule has 3 aliphatic heterocycles. The number of Topliss-reactive ketones (excluding diaryl/α,β-unsaturated/α-hetero) is 1. The van der Waals surface area contributed by atoms with Crippen molar-refractivity contribution < 1.29 is 32.2 Å². The van der Waals surface area contributed by atoms with Crippen LogP contribution in [0.1, 0.15) is 112 Å². The van der Waals surface area contributed by atoms with Crippen LogP contribution >= 0.6 is 0 Å². The Morgan fingerprint density at radius 1 is 0.776 bits per heavy atom. The molecule has 7 rings (SSSR count). The van der Waals surface area contributed by atoms with Crippen molar-refractivity contribution in [1.82, 2.24) is 15.3 Å². The van der Waals surface area contributed by atoms with Crippen molar-refractivity contribution in [1.29, 1.82) is 0 Å². The monoisotopic (exact) mass is 798 g/mol. The fourth-order valence-electron chi connectivity index (χ4n) is 8.28. The summed E-state index contributed by atoms with van der Waals surface area (Å²) in [4.78, 5) is 40.5. The Balaban J connectivity index is 1.04. The molecule has 11 heteroatoms. The molecule has 0 aliphatic carbocycles. The van der Waals surface area contributed by atoms with Gasteiger partial charge in [-0.25, -0.2) is 18.2 Å². The number of ketones is 1. The molecule has 0 spiro atoms. The van der Waals surface area contributed by atoms with Gasteiger partial charge in [0.1, 0.15) is 29.3 Å². The molecule has 3 aromatic carbocycles. The molecule has 5 atom stereocenters. The lowest BCUT2D eigenvalue weighted by Gasteiger charge is -2.40. The summed E-state index contributed by atoms with van der Waals surface area (Å²) in [7, 11) is 0. The van der Waals surface area contributed by atoms with Crippen LogP contribution in [-0.4, -0.2) is 69.4 Å². The van der Waals surface area contributed by atoms with E-state index in [1.807, 2.05) is 18.2 Å². The van der Waals surface area contributed by atoms with Gasteiger partial charge in [-0.05, 0) is 103 Å². The average Bonchev–Trinajstić information content (AvgIpc) is 3.77. The Hall–Kier alpha value is -4.35. The molecule has 1 aromatic heterocycles. The molecule has 0 radical (unpaired) electrons. The first-order chi connectivity index (χ1) is 26.9. The number of nitrogens with zero attached hydrogens (tertiary/aromatic N) is 2. The summed E-state index contributed by atoms with van der Waals surface area (Å²) in [6.07, 6.45) is 0.925. The van der Waals surface area contributed by atoms with E-state index in [-0.39, 0.29) is 66.8 Å². The van der Waals surface area contributed by atoms with Crippen molar-refractivity contribution in [2.24, 2.45) is 15.8 Å². The highest BCUT2D eigenvalue weighted by molar-refractivity contribution is 6.01. The third-order valence-corrected chi connectivity index (χ3v) is 12.5. The first kappa shape index (κ1) is 41.8. The molecule has 0 bridgehead atoms. The third kappa shape index (κ3) is 8.67. The number of benzene rings is 3. The van der Waals surface area contributed by atoms with Gasteiger partial charge in [-0.3, -0.25) is 14.6 Å². The number of imidazole rings is 1. The zero-order valence-electron chi connectivity index (χ0n) is 35.2. The van der Waals surface area contributed by atoms with Crippen molar-refractivity contribution >= 4 is 34.1 Å². The number of ether oxygens (including phenoxy) is 2. The SMILES string of the molecule is CC1(F)CC[C@](C)(C(=O)N[C@H](C2=Nc3ccc(-c4ccc(-c5ccc6nc([C@@H](CC(=O)[C@@]7(C)CCC(F)(F)CO7)C(C)(C)C)[nH]c6c5)cc4)cc3C2)C(C)(C)C)OC1. The number of halogens is 3. The first-order valence-corrected chi connectivity index (χ1v) is 20.4. The highest BCUT2D eigenvalue weighted by Gasteiger charge is 2.48. The number of carbonyl (C=O) groups excluding carboxylic acids is 2. The normalized spacial score (nSPS) is 25.8. The Kier molecular flexibility index (Phi) is 10.6. The highest BCUT2D eigenvalue weighted by Crippen LogP contribution is 2.42. The number of alkyl halides is 3. The molecule has 0 saturated carbocycles. The summed E-state index contributed by atoms with van der Waals surface area (Å²) in [6, 6.07) is 20.4. The molecule has 4 heterocycles. The molecule has 310 valence electrons. The van der Waals surface area contributed by atoms with E-state index >= 15 is 0 Å². The maximum Gasteiger partial charge on any atom is 0.271 e. The standard InChI is InChI=1S/C47H57F3N4O4/c1-42(2,3)33(25-38(55)45(8)20-21-47(49,50)27-58-45)40-52-35-17-15-31(23-36(35)53-40)29-12-10-28(11-13-29)30-14-16-34-32(22-30)24-37(51-34)39(43(4,5)6)54-41(56)46(9)19-18-44(7,48)26-57-46/h10-17,22-23,33,39H,18-21,24-27H2,1-9H3,(H,52,53)(H,54,56)/t33-,39-,44?,45-,46-/m1/s1. The van der Waals surface area contributed by atoms with E-state index in [1.165, 1.54) is 6.92 Å². The van der Waals surface area contributed by atoms with Crippen molar-refractivity contribution in [2.75, 3.05) is 13.2 Å². The van der Waals surface area contributed by atoms with Crippen LogP contribution in [0.25, 0.3) is 33.3 Å². The minimum Gasteiger partial charge on any atom is -0.362 e. The smallest absolute Gasteiger partial charge is 0.271 e. The van der Waals surface area contributed by atoms with E-state index in [9.17, 15) is 22.8 Å². The number of hydrogen-bond acceptors (Lipinski definition) is 6. The van der Waals surface area contributed by atoms with Gasteiger partial charge in [0.2, 0.25) is 0 Å². The Labute approximate surface area is 339 Å². The lowest BCUT2D eigenvalue weighted by Crippen LogP contribution is -2.58. The second-order valence-corrected chi connectivity index (χ2v) is 19.7. The molecule has 3 aliphatic rings. The highest BCUT2D eigenvalue weighted by atomic mass is 19.3. The second-order valence-electron chi connectivity index (χ2n) is 19.7. The van der Waals surface area contributed by atoms with E-state index in [0.717, 1.165) is 50.2 Å². The van der Waals surface area contributed by atoms with E-state index < -0.39 is 29.4 Å². The molecule has 8 nitrogen and oxygen atoms in total. The number of hydrogen-bond donors (Lipinski definition) is 2. The third-order valence-electron chi connectivity index (χ3n) is 12.5. The number of amides is 1. The van der Waals surface area contributed by atoms with Crippen LogP contribution < -0.4 is 5.32 Å². The van der Waals surface area contributed by atoms with Crippen molar-refractivity contribution in [3.05, 3.63) is 72.1 Å². The predicted octanol–water partition coefficient (Wildman–Crippen LogP) is 10.6. The average molecular weight is 799 g/mol. The number of nitrogens with one attached hydrogen (secondary N) is 2. The summed E-state index contributed by atoms with van der Waals surface area (Å²) in [5.41, 5.74) is 4.23. The minimum atomic E-state index is -2.91. The lowest BCUT2D eigenvalue weighted by molar-refractivity contribution is -0.188. The van der Waals surface area contributed by atoms with Gasteiger partial charge >= 0.3 is 0 Å². The van der Waals surface area contributed by atoms with Gasteiger partial charge in [0.15, 0.2) is 5.78 Å². The van der Waals surface area contributed by atoms with Crippen molar-refractivity contribution in [2.45, 2.75) is 136 Å². The lowest BCUT2D eigenvalue weighted by atomic mass is 9.74. The molecule has 1 unspecified atom stereocenters. The molecular weight excluding hydrogens is 742 g/mol. The zero-order valence-corrected chi connectivity index (χ0v) is 35.2. The number of aliphatic imine (C=N–C) groups is 1. The minimum absolute atomic E-state index is 0.0145. The van der Waals surface area contributed by atoms with Gasteiger partial charge in [0.05, 0.1) is 29.4 Å². The van der Waals surface area contributed by atoms with E-state index in [4.69, 9.17) is 19.5 Å². The summed E-state index contributed by atoms with van der Waals surface area (Å²) in [6.45, 7) is 16.4. The number of fused-ring (bicyclic) bond motifs is 2. The van der Waals surface area contributed by atoms with Crippen LogP contribution in [-0.2, 0) is 25.5 Å². The van der Waals surface area contributed by atoms with E-state index in [1.54, 1.807) is 13.8 Å². The first-order valence-electron chi connectivity index (χ1n) is 20.4. The largest absolute Gasteiger partial charge is 0.362 e. The van der Waals surface area contributed by atoms with Crippen LogP contribution in [0.15, 0.2) is 65.7 Å². The van der Waals surface area contributed by atoms with E-state index in [2.05, 4.69) is 94.3 Å². The quantitative estimate of drug-likeness (QED) is 0.175. The maximum atomic E-state index is 14.5. The summed E-state index contributed by atoms with van der Waals surface area (Å²) < 4.78 is 53.4. The number of aromatic nitrogens is 2. The zero-order chi connectivity index (χ0) is 42.1. The molecular formula is C47H57F3N4O4. The summed E-state index contributed by atoms with van der Waals surface area (Å²) >= 11 is 0. The second kappa shape index (κ2) is 14.7. The molecule has 58 heavy (non-hydrogen) atoms. The number of H-pyrrole nitrogens is 1. The molecule has 4 aromatic rings. The Morgan fingerprint density at radius 2 is 1.38 bits per heavy atom. The number of carbonyl (C=O) groups is 2. The van der Waals surface area contributed by atoms with Gasteiger partial charge in [-0.15, -0.1) is 0 Å². The van der Waals surface area contributed by atoms with Crippen LogP contribution in [0.5, 0.6) is 0 Å². The summed E-state index contributed by atoms with van der Waals surface area (Å²) in [5.74, 6) is -2.93. The maximum absolute atomic E-state index is 14.5. The fourth-order valence-corrected chi connectivity index (χ4v) is 8.28. The van der Waals surface area contributed by atoms with Gasteiger partial charge in [-0.2, -0.15) is 0 Å². The van der Waals surface area contributed by atoms with Crippen molar-refractivity contribution in [3.8, 4) is 22.3 Å². The molecule has 1 amide bonds. The van der Waals surface area contributed by atoms with Gasteiger partial charge in [-0.1, -0.05) is 77.9 Å². The predicted molar refractivity (Wildman–Crippen MR) is 223 cm³/mol. The molecule has 2 fully saturated rings. The number of aromatic amines is 1. The van der Waals surface area contributed by atoms with Crippen LogP contribution in [0.3, 0.4) is 0 Å². The Bertz CT molecular complexity index is 2230. The topological polar surface area (TPSA) is 106 Å². The van der Waals surface area contributed by atoms with Gasteiger partial charge < -0.3 is 19.8 Å². The van der Waals surface area contributed by atoms with Gasteiger partial charge in [0.25, 0.3) is 11.8 Å². The van der Waals surface area contributed by atoms with Crippen LogP contribution in [0, 0.1) is 10.8 Å². The Morgan fingerprint density at radius 3 is 1.97 bits per heavy atom. The van der Waals surface area contributed by atoms with E-state index in [0.29, 0.717) is 18.7 Å².